The van der Waals surface area contributed by atoms with Gasteiger partial charge in [-0.05, 0) is 31.4 Å². The molecule has 5 nitrogen and oxygen atoms in total. The summed E-state index contributed by atoms with van der Waals surface area (Å²) in [6.45, 7) is 2.45. The van der Waals surface area contributed by atoms with Crippen LogP contribution in [0, 0.1) is 0 Å². The van der Waals surface area contributed by atoms with Gasteiger partial charge in [0.2, 0.25) is 0 Å². The molecule has 1 aliphatic rings. The van der Waals surface area contributed by atoms with Gasteiger partial charge in [0, 0.05) is 25.0 Å². The number of hydrogen-bond acceptors (Lipinski definition) is 5. The molecule has 1 fully saturated rings. The van der Waals surface area contributed by atoms with E-state index in [2.05, 4.69) is 21.3 Å². The average molecular weight is 389 g/mol. The molecule has 0 aliphatic carbocycles. The Labute approximate surface area is 158 Å². The van der Waals surface area contributed by atoms with Crippen LogP contribution in [-0.4, -0.2) is 24.0 Å². The number of piperidine rings is 1. The van der Waals surface area contributed by atoms with E-state index in [1.807, 2.05) is 18.2 Å². The van der Waals surface area contributed by atoms with Crippen molar-refractivity contribution >= 4 is 53.4 Å². The van der Waals surface area contributed by atoms with Gasteiger partial charge in [-0.15, -0.1) is 36.2 Å². The van der Waals surface area contributed by atoms with E-state index in [1.165, 1.54) is 30.6 Å². The number of aromatic nitrogens is 1. The Hall–Kier alpha value is -1.34. The van der Waals surface area contributed by atoms with Gasteiger partial charge in [-0.25, -0.2) is 4.98 Å². The van der Waals surface area contributed by atoms with Crippen LogP contribution >= 0.6 is 36.2 Å². The Morgan fingerprint density at radius 3 is 2.58 bits per heavy atom. The summed E-state index contributed by atoms with van der Waals surface area (Å²) >= 11 is 1.41. The normalized spacial score (nSPS) is 13.6. The molecular formula is C16H22Cl2N4OS. The minimum atomic E-state index is -0.180. The van der Waals surface area contributed by atoms with Crippen LogP contribution in [0.5, 0.6) is 0 Å². The number of nitrogens with two attached hydrogens (primary N) is 1. The molecule has 1 amide bonds. The van der Waals surface area contributed by atoms with Crippen molar-refractivity contribution in [2.45, 2.75) is 25.8 Å². The molecule has 0 unspecified atom stereocenters. The van der Waals surface area contributed by atoms with Crippen LogP contribution in [0.4, 0.5) is 11.4 Å². The number of carbonyl (C=O) groups excluding carboxylic acids is 1. The second kappa shape index (κ2) is 9.84. The van der Waals surface area contributed by atoms with Gasteiger partial charge in [-0.3, -0.25) is 4.79 Å². The second-order valence-electron chi connectivity index (χ2n) is 5.35. The summed E-state index contributed by atoms with van der Waals surface area (Å²) in [6, 6.07) is 7.95. The molecule has 3 N–H and O–H groups in total. The molecular weight excluding hydrogens is 367 g/mol. The van der Waals surface area contributed by atoms with Crippen LogP contribution in [0.2, 0.25) is 0 Å². The van der Waals surface area contributed by atoms with Crippen LogP contribution in [0.1, 0.15) is 34.8 Å². The number of benzene rings is 1. The summed E-state index contributed by atoms with van der Waals surface area (Å²) in [5.41, 5.74) is 7.91. The SMILES string of the molecule is Cl.Cl.NCc1nc(C(=O)Nc2ccccc2N2CCCCC2)cs1. The second-order valence-corrected chi connectivity index (χ2v) is 6.29. The Kier molecular flexibility index (Phi) is 8.48. The summed E-state index contributed by atoms with van der Waals surface area (Å²) in [5.74, 6) is -0.180. The van der Waals surface area contributed by atoms with E-state index in [-0.39, 0.29) is 30.7 Å². The van der Waals surface area contributed by atoms with Gasteiger partial charge in [-0.2, -0.15) is 0 Å². The van der Waals surface area contributed by atoms with Crippen LogP contribution < -0.4 is 16.0 Å². The predicted molar refractivity (Wildman–Crippen MR) is 105 cm³/mol. The van der Waals surface area contributed by atoms with E-state index in [9.17, 15) is 4.79 Å². The maximum atomic E-state index is 12.4. The number of anilines is 2. The first kappa shape index (κ1) is 20.7. The number of amides is 1. The van der Waals surface area contributed by atoms with Crippen molar-refractivity contribution in [1.82, 2.24) is 4.98 Å². The van der Waals surface area contributed by atoms with Gasteiger partial charge in [0.1, 0.15) is 10.7 Å². The number of halogens is 2. The number of para-hydroxylation sites is 2. The largest absolute Gasteiger partial charge is 0.370 e. The predicted octanol–water partition coefficient (Wildman–Crippen LogP) is 3.69. The quantitative estimate of drug-likeness (QED) is 0.837. The molecule has 2 heterocycles. The molecule has 0 bridgehead atoms. The lowest BCUT2D eigenvalue weighted by atomic mass is 10.1. The molecule has 1 aromatic carbocycles. The van der Waals surface area contributed by atoms with Crippen molar-refractivity contribution in [2.24, 2.45) is 5.73 Å². The van der Waals surface area contributed by atoms with Crippen molar-refractivity contribution in [3.05, 3.63) is 40.3 Å². The summed E-state index contributed by atoms with van der Waals surface area (Å²) in [4.78, 5) is 18.9. The molecule has 24 heavy (non-hydrogen) atoms. The first-order chi connectivity index (χ1) is 10.8. The molecule has 0 radical (unpaired) electrons. The maximum absolute atomic E-state index is 12.4. The lowest BCUT2D eigenvalue weighted by Crippen LogP contribution is -2.30. The first-order valence-corrected chi connectivity index (χ1v) is 8.45. The van der Waals surface area contributed by atoms with Gasteiger partial charge < -0.3 is 16.0 Å². The number of carbonyl (C=O) groups is 1. The Balaban J connectivity index is 0.00000144. The van der Waals surface area contributed by atoms with Crippen LogP contribution in [0.15, 0.2) is 29.6 Å². The lowest BCUT2D eigenvalue weighted by molar-refractivity contribution is 0.102. The third-order valence-corrected chi connectivity index (χ3v) is 4.68. The number of thiazole rings is 1. The first-order valence-electron chi connectivity index (χ1n) is 7.58. The summed E-state index contributed by atoms with van der Waals surface area (Å²) < 4.78 is 0. The Bertz CT molecular complexity index is 659. The standard InChI is InChI=1S/C16H20N4OS.2ClH/c17-10-15-18-13(11-22-15)16(21)19-12-6-2-3-7-14(12)20-8-4-1-5-9-20;;/h2-3,6-7,11H,1,4-5,8-10,17H2,(H,19,21);2*1H. The Morgan fingerprint density at radius 1 is 1.21 bits per heavy atom. The highest BCUT2D eigenvalue weighted by Gasteiger charge is 2.17. The van der Waals surface area contributed by atoms with E-state index in [0.29, 0.717) is 12.2 Å². The van der Waals surface area contributed by atoms with Crippen LogP contribution in [0.25, 0.3) is 0 Å². The van der Waals surface area contributed by atoms with E-state index >= 15 is 0 Å². The minimum Gasteiger partial charge on any atom is -0.370 e. The lowest BCUT2D eigenvalue weighted by Gasteiger charge is -2.30. The van der Waals surface area contributed by atoms with Crippen molar-refractivity contribution in [2.75, 3.05) is 23.3 Å². The van der Waals surface area contributed by atoms with Gasteiger partial charge in [0.15, 0.2) is 0 Å². The van der Waals surface area contributed by atoms with E-state index in [1.54, 1.807) is 5.38 Å². The molecule has 8 heteroatoms. The maximum Gasteiger partial charge on any atom is 0.275 e. The zero-order valence-corrected chi connectivity index (χ0v) is 15.7. The highest BCUT2D eigenvalue weighted by atomic mass is 35.5. The van der Waals surface area contributed by atoms with Crippen molar-refractivity contribution < 1.29 is 4.79 Å². The highest BCUT2D eigenvalue weighted by Crippen LogP contribution is 2.28. The van der Waals surface area contributed by atoms with Crippen molar-refractivity contribution in [1.29, 1.82) is 0 Å². The molecule has 3 rings (SSSR count). The summed E-state index contributed by atoms with van der Waals surface area (Å²) in [7, 11) is 0. The number of hydrogen-bond donors (Lipinski definition) is 2. The number of rotatable bonds is 4. The third kappa shape index (κ3) is 4.83. The zero-order chi connectivity index (χ0) is 15.4. The van der Waals surface area contributed by atoms with Gasteiger partial charge >= 0.3 is 0 Å². The topological polar surface area (TPSA) is 71.2 Å². The van der Waals surface area contributed by atoms with Crippen molar-refractivity contribution in [3.8, 4) is 0 Å². The molecule has 0 atom stereocenters. The molecule has 1 saturated heterocycles. The van der Waals surface area contributed by atoms with E-state index in [4.69, 9.17) is 5.73 Å². The highest BCUT2D eigenvalue weighted by molar-refractivity contribution is 7.09. The average Bonchev–Trinajstić information content (AvgIpc) is 3.05. The number of nitrogens with one attached hydrogen (secondary N) is 1. The van der Waals surface area contributed by atoms with Gasteiger partial charge in [-0.1, -0.05) is 12.1 Å². The molecule has 1 aromatic heterocycles. The smallest absolute Gasteiger partial charge is 0.275 e. The molecule has 0 spiro atoms. The monoisotopic (exact) mass is 388 g/mol. The van der Waals surface area contributed by atoms with Gasteiger partial charge in [0.05, 0.1) is 11.4 Å². The van der Waals surface area contributed by atoms with Crippen LogP contribution in [-0.2, 0) is 6.54 Å². The van der Waals surface area contributed by atoms with Gasteiger partial charge in [0.25, 0.3) is 5.91 Å². The fourth-order valence-corrected chi connectivity index (χ4v) is 3.34. The molecule has 1 aliphatic heterocycles. The molecule has 0 saturated carbocycles. The zero-order valence-electron chi connectivity index (χ0n) is 13.2. The summed E-state index contributed by atoms with van der Waals surface area (Å²) in [5, 5.41) is 5.51. The minimum absolute atomic E-state index is 0. The summed E-state index contributed by atoms with van der Waals surface area (Å²) in [6.07, 6.45) is 3.69. The number of nitrogens with zero attached hydrogens (tertiary/aromatic N) is 2. The van der Waals surface area contributed by atoms with E-state index < -0.39 is 0 Å². The van der Waals surface area contributed by atoms with Crippen LogP contribution in [0.3, 0.4) is 0 Å². The fourth-order valence-electron chi connectivity index (χ4n) is 2.69. The fraction of sp³-hybridized carbons (Fsp3) is 0.375. The Morgan fingerprint density at radius 2 is 1.92 bits per heavy atom. The molecule has 132 valence electrons. The third-order valence-electron chi connectivity index (χ3n) is 3.81. The van der Waals surface area contributed by atoms with E-state index in [0.717, 1.165) is 29.5 Å². The molecule has 2 aromatic rings. The van der Waals surface area contributed by atoms with Crippen molar-refractivity contribution in [3.63, 3.8) is 0 Å².